The Morgan fingerprint density at radius 1 is 1.45 bits per heavy atom. The number of nitro benzene ring substituents is 1. The fraction of sp³-hybridized carbons (Fsp3) is 0.214. The van der Waals surface area contributed by atoms with Gasteiger partial charge in [0.05, 0.1) is 4.92 Å². The molecule has 0 unspecified atom stereocenters. The average Bonchev–Trinajstić information content (AvgIpc) is 2.86. The van der Waals surface area contributed by atoms with Crippen molar-refractivity contribution < 1.29 is 10.0 Å². The Bertz CT molecular complexity index is 629. The molecule has 104 valence electrons. The van der Waals surface area contributed by atoms with Crippen LogP contribution in [0.4, 0.5) is 5.69 Å². The van der Waals surface area contributed by atoms with Crippen molar-refractivity contribution in [2.75, 3.05) is 0 Å². The summed E-state index contributed by atoms with van der Waals surface area (Å²) in [6.07, 6.45) is 6.04. The summed E-state index contributed by atoms with van der Waals surface area (Å²) in [4.78, 5) is 14.3. The molecule has 6 nitrogen and oxygen atoms in total. The number of aliphatic hydroxyl groups excluding tert-OH is 1. The average molecular weight is 273 g/mol. The molecule has 0 bridgehead atoms. The molecule has 2 aromatic rings. The van der Waals surface area contributed by atoms with Crippen molar-refractivity contribution in [2.24, 2.45) is 0 Å². The molecule has 20 heavy (non-hydrogen) atoms. The van der Waals surface area contributed by atoms with Gasteiger partial charge in [0, 0.05) is 42.7 Å². The van der Waals surface area contributed by atoms with Crippen molar-refractivity contribution in [3.63, 3.8) is 0 Å². The Morgan fingerprint density at radius 3 is 2.75 bits per heavy atom. The summed E-state index contributed by atoms with van der Waals surface area (Å²) in [5.41, 5.74) is 0.510. The molecule has 6 heteroatoms. The highest BCUT2D eigenvalue weighted by Crippen LogP contribution is 2.18. The van der Waals surface area contributed by atoms with E-state index < -0.39 is 4.92 Å². The largest absolute Gasteiger partial charge is 0.507 e. The summed E-state index contributed by atoms with van der Waals surface area (Å²) in [6, 6.07) is 5.74. The van der Waals surface area contributed by atoms with Crippen LogP contribution in [0.2, 0.25) is 0 Å². The van der Waals surface area contributed by atoms with Gasteiger partial charge >= 0.3 is 0 Å². The van der Waals surface area contributed by atoms with E-state index in [2.05, 4.69) is 11.9 Å². The molecular weight excluding hydrogens is 258 g/mol. The van der Waals surface area contributed by atoms with Gasteiger partial charge in [0.2, 0.25) is 0 Å². The highest BCUT2D eigenvalue weighted by molar-refractivity contribution is 5.74. The molecule has 0 aliphatic heterocycles. The Morgan fingerprint density at radius 2 is 2.15 bits per heavy atom. The van der Waals surface area contributed by atoms with Gasteiger partial charge < -0.3 is 9.67 Å². The smallest absolute Gasteiger partial charge is 0.269 e. The van der Waals surface area contributed by atoms with Gasteiger partial charge in [-0.2, -0.15) is 0 Å². The van der Waals surface area contributed by atoms with Crippen LogP contribution in [-0.4, -0.2) is 19.6 Å². The lowest BCUT2D eigenvalue weighted by molar-refractivity contribution is -0.384. The maximum atomic E-state index is 10.6. The number of aliphatic hydroxyl groups is 1. The molecule has 1 aromatic heterocycles. The Hall–Kier alpha value is -2.63. The van der Waals surface area contributed by atoms with E-state index in [0.717, 1.165) is 13.0 Å². The molecular formula is C14H15N3O3. The highest BCUT2D eigenvalue weighted by Gasteiger charge is 2.07. The summed E-state index contributed by atoms with van der Waals surface area (Å²) in [5, 5.41) is 20.6. The van der Waals surface area contributed by atoms with Crippen LogP contribution in [0.3, 0.4) is 0 Å². The minimum absolute atomic E-state index is 0.00552. The van der Waals surface area contributed by atoms with E-state index in [9.17, 15) is 15.2 Å². The Labute approximate surface area is 116 Å². The van der Waals surface area contributed by atoms with Crippen LogP contribution in [0.5, 0.6) is 0 Å². The molecule has 1 aromatic carbocycles. The molecule has 1 heterocycles. The van der Waals surface area contributed by atoms with Gasteiger partial charge in [-0.1, -0.05) is 6.92 Å². The number of benzene rings is 1. The first kappa shape index (κ1) is 13.8. The van der Waals surface area contributed by atoms with E-state index >= 15 is 0 Å². The van der Waals surface area contributed by atoms with E-state index in [1.165, 1.54) is 24.3 Å². The summed E-state index contributed by atoms with van der Waals surface area (Å²) in [6.45, 7) is 2.88. The molecule has 0 aliphatic rings. The molecule has 0 amide bonds. The van der Waals surface area contributed by atoms with E-state index in [1.807, 2.05) is 10.8 Å². The molecule has 0 spiro atoms. The van der Waals surface area contributed by atoms with Gasteiger partial charge in [0.25, 0.3) is 5.69 Å². The zero-order chi connectivity index (χ0) is 14.5. The van der Waals surface area contributed by atoms with Gasteiger partial charge in [0.1, 0.15) is 11.6 Å². The minimum atomic E-state index is -0.474. The lowest BCUT2D eigenvalue weighted by Crippen LogP contribution is -1.98. The number of aromatic nitrogens is 2. The maximum Gasteiger partial charge on any atom is 0.269 e. The van der Waals surface area contributed by atoms with Gasteiger partial charge in [-0.3, -0.25) is 10.1 Å². The summed E-state index contributed by atoms with van der Waals surface area (Å²) in [5.74, 6) is 0.686. The minimum Gasteiger partial charge on any atom is -0.507 e. The standard InChI is InChI=1S/C14H15N3O3/c1-2-8-16-9-7-15-14(16)10-13(18)11-3-5-12(6-4-11)17(19)20/h3-7,9-10,18H,2,8H2,1H3. The van der Waals surface area contributed by atoms with Crippen LogP contribution < -0.4 is 0 Å². The molecule has 0 atom stereocenters. The second-order valence-electron chi connectivity index (χ2n) is 4.31. The van der Waals surface area contributed by atoms with Crippen LogP contribution in [0.25, 0.3) is 11.8 Å². The van der Waals surface area contributed by atoms with E-state index in [4.69, 9.17) is 0 Å². The molecule has 0 fully saturated rings. The fourth-order valence-corrected chi connectivity index (χ4v) is 1.85. The third kappa shape index (κ3) is 3.03. The number of rotatable bonds is 5. The Kier molecular flexibility index (Phi) is 4.14. The number of hydrogen-bond donors (Lipinski definition) is 1. The molecule has 1 N–H and O–H groups in total. The third-order valence-corrected chi connectivity index (χ3v) is 2.85. The third-order valence-electron chi connectivity index (χ3n) is 2.85. The first-order valence-electron chi connectivity index (χ1n) is 6.28. The van der Waals surface area contributed by atoms with E-state index in [-0.39, 0.29) is 11.4 Å². The zero-order valence-corrected chi connectivity index (χ0v) is 11.1. The monoisotopic (exact) mass is 273 g/mol. The fourth-order valence-electron chi connectivity index (χ4n) is 1.85. The number of nitro groups is 1. The molecule has 2 rings (SSSR count). The van der Waals surface area contributed by atoms with Gasteiger partial charge in [-0.15, -0.1) is 0 Å². The normalized spacial score (nSPS) is 11.6. The van der Waals surface area contributed by atoms with Crippen molar-refractivity contribution in [3.8, 4) is 0 Å². The van der Waals surface area contributed by atoms with Crippen molar-refractivity contribution in [1.82, 2.24) is 9.55 Å². The summed E-state index contributed by atoms with van der Waals surface area (Å²) in [7, 11) is 0. The topological polar surface area (TPSA) is 81.2 Å². The lowest BCUT2D eigenvalue weighted by Gasteiger charge is -2.04. The summed E-state index contributed by atoms with van der Waals surface area (Å²) >= 11 is 0. The second-order valence-corrected chi connectivity index (χ2v) is 4.31. The number of aryl methyl sites for hydroxylation is 1. The van der Waals surface area contributed by atoms with Crippen LogP contribution >= 0.6 is 0 Å². The predicted octanol–water partition coefficient (Wildman–Crippen LogP) is 3.26. The van der Waals surface area contributed by atoms with Gasteiger partial charge in [-0.25, -0.2) is 4.98 Å². The first-order chi connectivity index (χ1) is 9.61. The lowest BCUT2D eigenvalue weighted by atomic mass is 10.1. The van der Waals surface area contributed by atoms with Crippen LogP contribution in [0.1, 0.15) is 24.7 Å². The van der Waals surface area contributed by atoms with Crippen molar-refractivity contribution >= 4 is 17.5 Å². The molecule has 0 aliphatic carbocycles. The second kappa shape index (κ2) is 6.01. The van der Waals surface area contributed by atoms with E-state index in [0.29, 0.717) is 11.4 Å². The number of hydrogen-bond acceptors (Lipinski definition) is 4. The Balaban J connectivity index is 2.25. The van der Waals surface area contributed by atoms with E-state index in [1.54, 1.807) is 12.3 Å². The maximum absolute atomic E-state index is 10.6. The quantitative estimate of drug-likeness (QED) is 0.515. The molecule has 0 saturated heterocycles. The van der Waals surface area contributed by atoms with Crippen molar-refractivity contribution in [1.29, 1.82) is 0 Å². The first-order valence-corrected chi connectivity index (χ1v) is 6.28. The molecule has 0 radical (unpaired) electrons. The van der Waals surface area contributed by atoms with Crippen LogP contribution in [0.15, 0.2) is 36.7 Å². The number of nitrogens with zero attached hydrogens (tertiary/aromatic N) is 3. The molecule has 0 saturated carbocycles. The van der Waals surface area contributed by atoms with Crippen molar-refractivity contribution in [2.45, 2.75) is 19.9 Å². The SMILES string of the molecule is CCCn1ccnc1C=C(O)c1ccc([N+](=O)[O-])cc1. The highest BCUT2D eigenvalue weighted by atomic mass is 16.6. The zero-order valence-electron chi connectivity index (χ0n) is 11.1. The summed E-state index contributed by atoms with van der Waals surface area (Å²) < 4.78 is 1.93. The number of non-ortho nitro benzene ring substituents is 1. The van der Waals surface area contributed by atoms with Crippen LogP contribution in [-0.2, 0) is 6.54 Å². The number of imidazole rings is 1. The van der Waals surface area contributed by atoms with Gasteiger partial charge in [0.15, 0.2) is 0 Å². The van der Waals surface area contributed by atoms with Gasteiger partial charge in [-0.05, 0) is 18.6 Å². The van der Waals surface area contributed by atoms with Crippen LogP contribution in [0, 0.1) is 10.1 Å². The predicted molar refractivity (Wildman–Crippen MR) is 76.1 cm³/mol. The van der Waals surface area contributed by atoms with Crippen molar-refractivity contribution in [3.05, 3.63) is 58.2 Å².